The number of rotatable bonds is 3. The van der Waals surface area contributed by atoms with E-state index in [2.05, 4.69) is 0 Å². The van der Waals surface area contributed by atoms with Crippen LogP contribution >= 0.6 is 0 Å². The highest BCUT2D eigenvalue weighted by molar-refractivity contribution is 5.51. The lowest BCUT2D eigenvalue weighted by atomic mass is 9.86. The first-order valence-corrected chi connectivity index (χ1v) is 4.83. The molecule has 1 aromatic carbocycles. The van der Waals surface area contributed by atoms with Crippen LogP contribution in [-0.4, -0.2) is 6.61 Å². The van der Waals surface area contributed by atoms with E-state index in [1.54, 1.807) is 0 Å². The van der Waals surface area contributed by atoms with Crippen LogP contribution in [0.2, 0.25) is 0 Å². The minimum absolute atomic E-state index is 0.738. The van der Waals surface area contributed by atoms with E-state index in [0.717, 1.165) is 24.0 Å². The van der Waals surface area contributed by atoms with E-state index in [4.69, 9.17) is 10.5 Å². The highest BCUT2D eigenvalue weighted by Crippen LogP contribution is 2.28. The fourth-order valence-electron chi connectivity index (χ4n) is 1.48. The van der Waals surface area contributed by atoms with E-state index in [1.165, 1.54) is 19.3 Å². The maximum Gasteiger partial charge on any atom is 0.142 e. The Balaban J connectivity index is 1.89. The van der Waals surface area contributed by atoms with Crippen LogP contribution in [0.5, 0.6) is 5.75 Å². The molecular weight excluding hydrogens is 162 g/mol. The predicted molar refractivity (Wildman–Crippen MR) is 53.7 cm³/mol. The van der Waals surface area contributed by atoms with Crippen molar-refractivity contribution in [1.29, 1.82) is 0 Å². The van der Waals surface area contributed by atoms with Crippen molar-refractivity contribution in [2.75, 3.05) is 12.3 Å². The minimum Gasteiger partial charge on any atom is -0.491 e. The van der Waals surface area contributed by atoms with Crippen molar-refractivity contribution in [3.63, 3.8) is 0 Å². The number of nitrogen functional groups attached to an aromatic ring is 1. The summed E-state index contributed by atoms with van der Waals surface area (Å²) in [6.45, 7) is 0.828. The number of para-hydroxylation sites is 2. The third kappa shape index (κ3) is 1.94. The van der Waals surface area contributed by atoms with Gasteiger partial charge in [0.25, 0.3) is 0 Å². The number of nitrogens with two attached hydrogens (primary N) is 1. The third-order valence-electron chi connectivity index (χ3n) is 2.62. The lowest BCUT2D eigenvalue weighted by Crippen LogP contribution is -2.19. The van der Waals surface area contributed by atoms with Crippen LogP contribution in [0.15, 0.2) is 24.3 Å². The summed E-state index contributed by atoms with van der Waals surface area (Å²) >= 11 is 0. The summed E-state index contributed by atoms with van der Waals surface area (Å²) in [6, 6.07) is 7.67. The van der Waals surface area contributed by atoms with Crippen molar-refractivity contribution in [1.82, 2.24) is 0 Å². The van der Waals surface area contributed by atoms with Crippen LogP contribution in [0.25, 0.3) is 0 Å². The number of anilines is 1. The summed E-state index contributed by atoms with van der Waals surface area (Å²) in [6.07, 6.45) is 3.98. The van der Waals surface area contributed by atoms with Gasteiger partial charge in [-0.1, -0.05) is 18.6 Å². The molecule has 0 aromatic heterocycles. The first kappa shape index (κ1) is 8.42. The molecule has 2 nitrogen and oxygen atoms in total. The van der Waals surface area contributed by atoms with Crippen LogP contribution in [0.4, 0.5) is 5.69 Å². The fourth-order valence-corrected chi connectivity index (χ4v) is 1.48. The van der Waals surface area contributed by atoms with Gasteiger partial charge < -0.3 is 10.5 Å². The predicted octanol–water partition coefficient (Wildman–Crippen LogP) is 2.45. The van der Waals surface area contributed by atoms with Crippen molar-refractivity contribution in [2.45, 2.75) is 19.3 Å². The molecule has 1 saturated carbocycles. The van der Waals surface area contributed by atoms with Crippen molar-refractivity contribution in [2.24, 2.45) is 5.92 Å². The number of hydrogen-bond acceptors (Lipinski definition) is 2. The van der Waals surface area contributed by atoms with E-state index in [0.29, 0.717) is 0 Å². The molecule has 2 N–H and O–H groups in total. The second kappa shape index (κ2) is 3.69. The first-order valence-electron chi connectivity index (χ1n) is 4.83. The largest absolute Gasteiger partial charge is 0.491 e. The zero-order chi connectivity index (χ0) is 9.10. The van der Waals surface area contributed by atoms with Gasteiger partial charge >= 0.3 is 0 Å². The van der Waals surface area contributed by atoms with Crippen molar-refractivity contribution in [3.8, 4) is 5.75 Å². The zero-order valence-electron chi connectivity index (χ0n) is 7.70. The molecule has 0 saturated heterocycles. The number of benzene rings is 1. The molecule has 13 heavy (non-hydrogen) atoms. The molecule has 0 unspecified atom stereocenters. The molecule has 0 heterocycles. The monoisotopic (exact) mass is 177 g/mol. The van der Waals surface area contributed by atoms with Gasteiger partial charge in [-0.2, -0.15) is 0 Å². The molecule has 0 aliphatic heterocycles. The Labute approximate surface area is 78.7 Å². The fraction of sp³-hybridized carbons (Fsp3) is 0.455. The van der Waals surface area contributed by atoms with Crippen LogP contribution in [-0.2, 0) is 0 Å². The Bertz CT molecular complexity index is 281. The lowest BCUT2D eigenvalue weighted by Gasteiger charge is -2.25. The van der Waals surface area contributed by atoms with Gasteiger partial charge in [0.1, 0.15) is 5.75 Å². The van der Waals surface area contributed by atoms with Crippen LogP contribution in [0.3, 0.4) is 0 Å². The molecule has 0 spiro atoms. The van der Waals surface area contributed by atoms with Crippen LogP contribution < -0.4 is 10.5 Å². The number of ether oxygens (including phenoxy) is 1. The molecule has 0 bridgehead atoms. The summed E-state index contributed by atoms with van der Waals surface area (Å²) in [5, 5.41) is 0. The molecule has 2 rings (SSSR count). The molecule has 1 aliphatic carbocycles. The van der Waals surface area contributed by atoms with Crippen molar-refractivity contribution < 1.29 is 4.74 Å². The molecule has 2 heteroatoms. The van der Waals surface area contributed by atoms with E-state index in [1.807, 2.05) is 24.3 Å². The Morgan fingerprint density at radius 3 is 2.69 bits per heavy atom. The highest BCUT2D eigenvalue weighted by atomic mass is 16.5. The number of hydrogen-bond donors (Lipinski definition) is 1. The van der Waals surface area contributed by atoms with Gasteiger partial charge in [-0.3, -0.25) is 0 Å². The molecule has 0 atom stereocenters. The average molecular weight is 177 g/mol. The molecule has 1 aliphatic rings. The van der Waals surface area contributed by atoms with Gasteiger partial charge in [-0.15, -0.1) is 0 Å². The van der Waals surface area contributed by atoms with Gasteiger partial charge in [0.15, 0.2) is 0 Å². The van der Waals surface area contributed by atoms with E-state index in [9.17, 15) is 0 Å². The maximum atomic E-state index is 5.74. The van der Waals surface area contributed by atoms with Crippen molar-refractivity contribution in [3.05, 3.63) is 24.3 Å². The summed E-state index contributed by atoms with van der Waals surface area (Å²) in [4.78, 5) is 0. The minimum atomic E-state index is 0.738. The molecule has 0 radical (unpaired) electrons. The van der Waals surface area contributed by atoms with Crippen LogP contribution in [0, 0.1) is 5.92 Å². The molecular formula is C11H15NO. The smallest absolute Gasteiger partial charge is 0.142 e. The van der Waals surface area contributed by atoms with Gasteiger partial charge in [0, 0.05) is 0 Å². The SMILES string of the molecule is Nc1ccccc1OCC1CCC1. The average Bonchev–Trinajstić information content (AvgIpc) is 2.05. The van der Waals surface area contributed by atoms with E-state index in [-0.39, 0.29) is 0 Å². The second-order valence-electron chi connectivity index (χ2n) is 3.65. The Morgan fingerprint density at radius 2 is 2.08 bits per heavy atom. The molecule has 0 amide bonds. The summed E-state index contributed by atoms with van der Waals surface area (Å²) < 4.78 is 5.62. The zero-order valence-corrected chi connectivity index (χ0v) is 7.70. The van der Waals surface area contributed by atoms with Gasteiger partial charge in [0.2, 0.25) is 0 Å². The topological polar surface area (TPSA) is 35.2 Å². The maximum absolute atomic E-state index is 5.74. The van der Waals surface area contributed by atoms with Gasteiger partial charge in [-0.25, -0.2) is 0 Å². The Hall–Kier alpha value is -1.18. The summed E-state index contributed by atoms with van der Waals surface area (Å²) in [7, 11) is 0. The van der Waals surface area contributed by atoms with Crippen LogP contribution in [0.1, 0.15) is 19.3 Å². The molecule has 70 valence electrons. The third-order valence-corrected chi connectivity index (χ3v) is 2.62. The first-order chi connectivity index (χ1) is 6.36. The standard InChI is InChI=1S/C11H15NO/c12-10-6-1-2-7-11(10)13-8-9-4-3-5-9/h1-2,6-7,9H,3-5,8,12H2. The normalized spacial score (nSPS) is 16.6. The van der Waals surface area contributed by atoms with E-state index < -0.39 is 0 Å². The second-order valence-corrected chi connectivity index (χ2v) is 3.65. The van der Waals surface area contributed by atoms with Gasteiger partial charge in [0.05, 0.1) is 12.3 Å². The lowest BCUT2D eigenvalue weighted by molar-refractivity contribution is 0.181. The Kier molecular flexibility index (Phi) is 2.39. The summed E-state index contributed by atoms with van der Waals surface area (Å²) in [5.41, 5.74) is 6.48. The van der Waals surface area contributed by atoms with E-state index >= 15 is 0 Å². The van der Waals surface area contributed by atoms with Gasteiger partial charge in [-0.05, 0) is 30.9 Å². The molecule has 1 aromatic rings. The molecule has 1 fully saturated rings. The summed E-state index contributed by atoms with van der Waals surface area (Å²) in [5.74, 6) is 1.59. The Morgan fingerprint density at radius 1 is 1.31 bits per heavy atom. The quantitative estimate of drug-likeness (QED) is 0.720. The van der Waals surface area contributed by atoms with Crippen molar-refractivity contribution >= 4 is 5.69 Å². The highest BCUT2D eigenvalue weighted by Gasteiger charge is 2.17.